The quantitative estimate of drug-likeness (QED) is 0.850. The molecule has 1 aliphatic heterocycles. The van der Waals surface area contributed by atoms with Gasteiger partial charge in [0.05, 0.1) is 0 Å². The minimum Gasteiger partial charge on any atom is -0.508 e. The molecule has 1 aromatic rings. The monoisotopic (exact) mass is 275 g/mol. The molecule has 0 aliphatic carbocycles. The fraction of sp³-hybridized carbons (Fsp3) is 0.588. The first kappa shape index (κ1) is 14.9. The van der Waals surface area contributed by atoms with E-state index in [1.807, 2.05) is 11.8 Å². The van der Waals surface area contributed by atoms with E-state index in [1.165, 1.54) is 0 Å². The Balaban J connectivity index is 2.03. The summed E-state index contributed by atoms with van der Waals surface area (Å²) in [4.78, 5) is 14.3. The van der Waals surface area contributed by atoms with E-state index in [0.29, 0.717) is 16.9 Å². The number of likely N-dealkylation sites (tertiary alicyclic amines) is 1. The van der Waals surface area contributed by atoms with Crippen molar-refractivity contribution in [1.29, 1.82) is 0 Å². The van der Waals surface area contributed by atoms with Gasteiger partial charge in [-0.15, -0.1) is 0 Å². The molecule has 0 saturated carbocycles. The smallest absolute Gasteiger partial charge is 0.253 e. The molecule has 0 radical (unpaired) electrons. The number of carbonyl (C=O) groups is 1. The number of phenols is 1. The van der Waals surface area contributed by atoms with Crippen molar-refractivity contribution in [3.63, 3.8) is 0 Å². The average Bonchev–Trinajstić information content (AvgIpc) is 2.40. The fourth-order valence-electron chi connectivity index (χ4n) is 2.87. The zero-order valence-electron chi connectivity index (χ0n) is 12.9. The molecule has 0 spiro atoms. The van der Waals surface area contributed by atoms with Crippen LogP contribution < -0.4 is 0 Å². The van der Waals surface area contributed by atoms with E-state index in [9.17, 15) is 9.90 Å². The zero-order valence-corrected chi connectivity index (χ0v) is 12.9. The van der Waals surface area contributed by atoms with Gasteiger partial charge in [0.2, 0.25) is 0 Å². The number of carbonyl (C=O) groups excluding carboxylic acids is 1. The first-order chi connectivity index (χ1) is 9.29. The van der Waals surface area contributed by atoms with Crippen molar-refractivity contribution in [2.75, 3.05) is 13.1 Å². The van der Waals surface area contributed by atoms with E-state index in [4.69, 9.17) is 0 Å². The Morgan fingerprint density at radius 2 is 1.85 bits per heavy atom. The summed E-state index contributed by atoms with van der Waals surface area (Å²) in [5.74, 6) is 0.908. The van der Waals surface area contributed by atoms with Crippen molar-refractivity contribution < 1.29 is 9.90 Å². The highest BCUT2D eigenvalue weighted by Gasteiger charge is 2.30. The van der Waals surface area contributed by atoms with Gasteiger partial charge in [0, 0.05) is 18.7 Å². The number of piperidine rings is 1. The summed E-state index contributed by atoms with van der Waals surface area (Å²) in [6, 6.07) is 5.17. The molecule has 1 amide bonds. The first-order valence-corrected chi connectivity index (χ1v) is 7.38. The van der Waals surface area contributed by atoms with Crippen molar-refractivity contribution in [1.82, 2.24) is 4.90 Å². The van der Waals surface area contributed by atoms with E-state index >= 15 is 0 Å². The van der Waals surface area contributed by atoms with E-state index in [-0.39, 0.29) is 11.7 Å². The Bertz CT molecular complexity index is 494. The molecule has 0 aromatic heterocycles. The molecule has 1 aromatic carbocycles. The van der Waals surface area contributed by atoms with Crippen LogP contribution in [0.4, 0.5) is 0 Å². The number of amides is 1. The van der Waals surface area contributed by atoms with E-state index in [1.54, 1.807) is 18.2 Å². The number of hydrogen-bond donors (Lipinski definition) is 1. The molecular formula is C17H25NO2. The van der Waals surface area contributed by atoms with Gasteiger partial charge in [-0.3, -0.25) is 4.79 Å². The van der Waals surface area contributed by atoms with Crippen LogP contribution >= 0.6 is 0 Å². The van der Waals surface area contributed by atoms with Crippen LogP contribution in [0.25, 0.3) is 0 Å². The molecule has 1 N–H and O–H groups in total. The number of rotatable bonds is 1. The molecule has 1 saturated heterocycles. The topological polar surface area (TPSA) is 40.5 Å². The van der Waals surface area contributed by atoms with Crippen molar-refractivity contribution in [3.05, 3.63) is 29.3 Å². The molecular weight excluding hydrogens is 250 g/mol. The maximum absolute atomic E-state index is 12.4. The number of hydrogen-bond acceptors (Lipinski definition) is 2. The normalized spacial score (nSPS) is 17.3. The Labute approximate surface area is 121 Å². The van der Waals surface area contributed by atoms with Crippen molar-refractivity contribution in [3.8, 4) is 5.75 Å². The highest BCUT2D eigenvalue weighted by Crippen LogP contribution is 2.34. The molecule has 3 nitrogen and oxygen atoms in total. The van der Waals surface area contributed by atoms with E-state index in [0.717, 1.165) is 31.5 Å². The fourth-order valence-corrected chi connectivity index (χ4v) is 2.87. The van der Waals surface area contributed by atoms with Crippen molar-refractivity contribution in [2.24, 2.45) is 11.3 Å². The molecule has 3 heteroatoms. The van der Waals surface area contributed by atoms with Gasteiger partial charge in [-0.2, -0.15) is 0 Å². The summed E-state index contributed by atoms with van der Waals surface area (Å²) >= 11 is 0. The number of aromatic hydroxyl groups is 1. The number of benzene rings is 1. The lowest BCUT2D eigenvalue weighted by Gasteiger charge is -2.38. The minimum atomic E-state index is 0.0349. The molecule has 110 valence electrons. The third-order valence-electron chi connectivity index (χ3n) is 4.46. The largest absolute Gasteiger partial charge is 0.508 e. The summed E-state index contributed by atoms with van der Waals surface area (Å²) in [5.41, 5.74) is 1.70. The van der Waals surface area contributed by atoms with Gasteiger partial charge in [0.15, 0.2) is 0 Å². The molecule has 1 fully saturated rings. The van der Waals surface area contributed by atoms with Gasteiger partial charge in [-0.1, -0.05) is 26.8 Å². The second-order valence-corrected chi connectivity index (χ2v) is 6.93. The predicted octanol–water partition coefficient (Wildman–Crippen LogP) is 3.60. The summed E-state index contributed by atoms with van der Waals surface area (Å²) in [5, 5.41) is 9.73. The Hall–Kier alpha value is -1.51. The Morgan fingerprint density at radius 1 is 1.25 bits per heavy atom. The Morgan fingerprint density at radius 3 is 2.35 bits per heavy atom. The van der Waals surface area contributed by atoms with Crippen molar-refractivity contribution in [2.45, 2.75) is 40.5 Å². The summed E-state index contributed by atoms with van der Waals surface area (Å²) < 4.78 is 0. The predicted molar refractivity (Wildman–Crippen MR) is 80.9 cm³/mol. The average molecular weight is 275 g/mol. The summed E-state index contributed by atoms with van der Waals surface area (Å²) in [6.45, 7) is 10.3. The summed E-state index contributed by atoms with van der Waals surface area (Å²) in [7, 11) is 0. The lowest BCUT2D eigenvalue weighted by molar-refractivity contribution is 0.0608. The highest BCUT2D eigenvalue weighted by molar-refractivity contribution is 5.94. The van der Waals surface area contributed by atoms with Gasteiger partial charge in [-0.25, -0.2) is 0 Å². The van der Waals surface area contributed by atoms with Crippen LogP contribution in [-0.4, -0.2) is 29.0 Å². The van der Waals surface area contributed by atoms with Gasteiger partial charge >= 0.3 is 0 Å². The van der Waals surface area contributed by atoms with Crippen molar-refractivity contribution >= 4 is 5.91 Å². The van der Waals surface area contributed by atoms with E-state index in [2.05, 4.69) is 20.8 Å². The maximum atomic E-state index is 12.4. The molecule has 0 unspecified atom stereocenters. The third-order valence-corrected chi connectivity index (χ3v) is 4.46. The lowest BCUT2D eigenvalue weighted by Crippen LogP contribution is -2.41. The summed E-state index contributed by atoms with van der Waals surface area (Å²) in [6.07, 6.45) is 2.13. The molecule has 1 aliphatic rings. The van der Waals surface area contributed by atoms with Crippen LogP contribution in [0.15, 0.2) is 18.2 Å². The zero-order chi connectivity index (χ0) is 14.9. The molecule has 20 heavy (non-hydrogen) atoms. The lowest BCUT2D eigenvalue weighted by atomic mass is 9.75. The number of phenolic OH excluding ortho intramolecular Hbond substituents is 1. The standard InChI is InChI=1S/C17H25NO2/c1-12-5-6-13(11-15(12)19)16(20)18-9-7-14(8-10-18)17(2,3)4/h5-6,11,14,19H,7-10H2,1-4H3. The van der Waals surface area contributed by atoms with Gasteiger partial charge < -0.3 is 10.0 Å². The first-order valence-electron chi connectivity index (χ1n) is 7.38. The molecule has 0 bridgehead atoms. The third kappa shape index (κ3) is 3.14. The number of nitrogens with zero attached hydrogens (tertiary/aromatic N) is 1. The maximum Gasteiger partial charge on any atom is 0.253 e. The van der Waals surface area contributed by atoms with Gasteiger partial charge in [0.25, 0.3) is 5.91 Å². The van der Waals surface area contributed by atoms with Crippen LogP contribution in [-0.2, 0) is 0 Å². The minimum absolute atomic E-state index is 0.0349. The highest BCUT2D eigenvalue weighted by atomic mass is 16.3. The van der Waals surface area contributed by atoms with Crippen LogP contribution in [0.1, 0.15) is 49.5 Å². The Kier molecular flexibility index (Phi) is 4.07. The second-order valence-electron chi connectivity index (χ2n) is 6.93. The SMILES string of the molecule is Cc1ccc(C(=O)N2CCC(C(C)(C)C)CC2)cc1O. The second kappa shape index (κ2) is 5.47. The van der Waals surface area contributed by atoms with Crippen LogP contribution in [0, 0.1) is 18.3 Å². The molecule has 1 heterocycles. The van der Waals surface area contributed by atoms with Crippen LogP contribution in [0.3, 0.4) is 0 Å². The van der Waals surface area contributed by atoms with Crippen LogP contribution in [0.5, 0.6) is 5.75 Å². The van der Waals surface area contributed by atoms with Gasteiger partial charge in [-0.05, 0) is 48.8 Å². The van der Waals surface area contributed by atoms with Gasteiger partial charge in [0.1, 0.15) is 5.75 Å². The van der Waals surface area contributed by atoms with Crippen LogP contribution in [0.2, 0.25) is 0 Å². The van der Waals surface area contributed by atoms with E-state index < -0.39 is 0 Å². The molecule has 0 atom stereocenters. The molecule has 2 rings (SSSR count). The number of aryl methyl sites for hydroxylation is 1.